The van der Waals surface area contributed by atoms with Crippen LogP contribution in [0.3, 0.4) is 0 Å². The summed E-state index contributed by atoms with van der Waals surface area (Å²) in [6.45, 7) is 3.32. The zero-order valence-electron chi connectivity index (χ0n) is 40.3. The lowest BCUT2D eigenvalue weighted by molar-refractivity contribution is -0.203. The Kier molecular flexibility index (Phi) is 31.9. The summed E-state index contributed by atoms with van der Waals surface area (Å²) in [5, 5.41) is 54.9. The highest BCUT2D eigenvalue weighted by Gasteiger charge is 2.44. The Labute approximate surface area is 445 Å². The first-order valence-corrected chi connectivity index (χ1v) is 24.2. The highest BCUT2D eigenvalue weighted by atomic mass is 79.9. The number of carbonyl (C=O) groups excluding carboxylic acids is 7. The Bertz CT molecular complexity index is 2190. The third-order valence-electron chi connectivity index (χ3n) is 9.10. The van der Waals surface area contributed by atoms with Crippen LogP contribution in [0, 0.1) is 0 Å². The second-order valence-electron chi connectivity index (χ2n) is 15.3. The standard InChI is InChI=1S/C25H31BrO12.C15H21BrO7.C8H7BrO3/c1-14(27)33-13-23(36-16(3)29)25(38-18(5)31)24(37-17(4)30)22(35-15(2)28)11-8-20(32)12-34-21-9-6-19(26)7-10-21;16-9-1-4-11(5-2-9)23-8-10(18)3-6-12(19)14(21)15(22)13(20)7-17;9-6-1-3-7(4-2-6)12-5-8(10)11/h6-7,9-10,22-25H,8,11-13H2,1-5H3;1-2,4-5,12-15,17,19-22H,3,6-8H2;1-4H,5H2,(H,10,11)/t22-,23+,24+,25+;12-,13+,14+,15+;/m11./s1. The molecule has 3 aromatic carbocycles. The second-order valence-corrected chi connectivity index (χ2v) is 18.1. The fourth-order valence-electron chi connectivity index (χ4n) is 5.76. The number of hydrogen-bond acceptors (Lipinski definition) is 21. The number of carboxylic acids is 1. The average molecular weight is 1230 g/mol. The molecule has 25 heteroatoms. The zero-order valence-corrected chi connectivity index (χ0v) is 45.0. The fraction of sp³-hybridized carbons (Fsp3) is 0.458. The second kappa shape index (κ2) is 35.6. The molecule has 0 amide bonds. The third kappa shape index (κ3) is 29.7. The molecule has 73 heavy (non-hydrogen) atoms. The summed E-state index contributed by atoms with van der Waals surface area (Å²) in [6, 6.07) is 20.7. The molecule has 0 aliphatic rings. The Morgan fingerprint density at radius 3 is 1.16 bits per heavy atom. The van der Waals surface area contributed by atoms with E-state index in [1.54, 1.807) is 72.8 Å². The van der Waals surface area contributed by atoms with Crippen LogP contribution < -0.4 is 14.2 Å². The van der Waals surface area contributed by atoms with Gasteiger partial charge in [0.1, 0.15) is 61.5 Å². The molecule has 0 radical (unpaired) electrons. The molecule has 8 atom stereocenters. The van der Waals surface area contributed by atoms with Gasteiger partial charge in [0.15, 0.2) is 36.5 Å². The van der Waals surface area contributed by atoms with Crippen molar-refractivity contribution in [3.05, 3.63) is 86.2 Å². The van der Waals surface area contributed by atoms with E-state index in [1.807, 2.05) is 0 Å². The van der Waals surface area contributed by atoms with Crippen LogP contribution in [-0.2, 0) is 62.0 Å². The normalized spacial score (nSPS) is 13.8. The largest absolute Gasteiger partial charge is 0.486 e. The minimum absolute atomic E-state index is 0.0588. The molecule has 0 bridgehead atoms. The molecular formula is C48H59Br3O22. The molecule has 0 aliphatic heterocycles. The SMILES string of the molecule is CC(=O)OC[C@H](OC(C)=O)[C@H](OC(C)=O)[C@@H](OC(C)=O)[C@@H](CCC(=O)COc1ccc(Br)cc1)OC(C)=O.O=C(CC[C@@H](O)[C@H](O)[C@@H](O)[C@@H](O)CO)COc1ccc(Br)cc1.O=C(O)COc1ccc(Br)cc1. The van der Waals surface area contributed by atoms with Crippen molar-refractivity contribution in [1.82, 2.24) is 0 Å². The topological polar surface area (TPSA) is 332 Å². The van der Waals surface area contributed by atoms with Gasteiger partial charge in [0.05, 0.1) is 12.7 Å². The Morgan fingerprint density at radius 1 is 0.466 bits per heavy atom. The third-order valence-corrected chi connectivity index (χ3v) is 10.7. The van der Waals surface area contributed by atoms with E-state index >= 15 is 0 Å². The Morgan fingerprint density at radius 2 is 0.808 bits per heavy atom. The minimum Gasteiger partial charge on any atom is -0.486 e. The van der Waals surface area contributed by atoms with Gasteiger partial charge in [-0.15, -0.1) is 0 Å². The molecule has 0 unspecified atom stereocenters. The molecule has 0 saturated carbocycles. The van der Waals surface area contributed by atoms with Crippen molar-refractivity contribution in [2.75, 3.05) is 33.0 Å². The number of ether oxygens (including phenoxy) is 8. The number of halogens is 3. The minimum atomic E-state index is -1.69. The molecule has 22 nitrogen and oxygen atoms in total. The lowest BCUT2D eigenvalue weighted by Gasteiger charge is -2.35. The summed E-state index contributed by atoms with van der Waals surface area (Å²) < 4.78 is 44.4. The van der Waals surface area contributed by atoms with Crippen molar-refractivity contribution in [2.45, 2.75) is 109 Å². The molecule has 0 aromatic heterocycles. The smallest absolute Gasteiger partial charge is 0.341 e. The van der Waals surface area contributed by atoms with E-state index in [1.165, 1.54) is 0 Å². The van der Waals surface area contributed by atoms with Gasteiger partial charge in [0, 0.05) is 60.9 Å². The summed E-state index contributed by atoms with van der Waals surface area (Å²) in [4.78, 5) is 93.3. The van der Waals surface area contributed by atoms with Crippen molar-refractivity contribution in [3.8, 4) is 17.2 Å². The van der Waals surface area contributed by atoms with Crippen LogP contribution in [0.1, 0.15) is 60.3 Å². The number of carbonyl (C=O) groups is 8. The monoisotopic (exact) mass is 1220 g/mol. The van der Waals surface area contributed by atoms with E-state index in [0.29, 0.717) is 17.2 Å². The zero-order chi connectivity index (χ0) is 55.2. The van der Waals surface area contributed by atoms with Crippen LogP contribution in [0.5, 0.6) is 17.2 Å². The van der Waals surface area contributed by atoms with Gasteiger partial charge in [0.25, 0.3) is 0 Å². The summed E-state index contributed by atoms with van der Waals surface area (Å²) in [5.41, 5.74) is 0. The van der Waals surface area contributed by atoms with Crippen molar-refractivity contribution >= 4 is 95.2 Å². The molecule has 404 valence electrons. The van der Waals surface area contributed by atoms with E-state index in [4.69, 9.17) is 48.1 Å². The van der Waals surface area contributed by atoms with E-state index in [2.05, 4.69) is 47.8 Å². The first kappa shape index (κ1) is 65.5. The van der Waals surface area contributed by atoms with Gasteiger partial charge in [-0.25, -0.2) is 4.79 Å². The first-order valence-electron chi connectivity index (χ1n) is 21.9. The van der Waals surface area contributed by atoms with Crippen molar-refractivity contribution < 1.29 is 107 Å². The molecular weight excluding hydrogens is 1170 g/mol. The maximum atomic E-state index is 12.5. The fourth-order valence-corrected chi connectivity index (χ4v) is 6.55. The van der Waals surface area contributed by atoms with Crippen LogP contribution in [0.2, 0.25) is 0 Å². The summed E-state index contributed by atoms with van der Waals surface area (Å²) in [5.74, 6) is -4.09. The molecule has 0 aliphatic carbocycles. The highest BCUT2D eigenvalue weighted by Crippen LogP contribution is 2.24. The van der Waals surface area contributed by atoms with Crippen LogP contribution in [0.25, 0.3) is 0 Å². The van der Waals surface area contributed by atoms with Gasteiger partial charge in [-0.05, 0) is 85.6 Å². The summed E-state index contributed by atoms with van der Waals surface area (Å²) in [7, 11) is 0. The average Bonchev–Trinajstić information content (AvgIpc) is 3.33. The van der Waals surface area contributed by atoms with E-state index < -0.39 is 97.9 Å². The van der Waals surface area contributed by atoms with Crippen molar-refractivity contribution in [3.63, 3.8) is 0 Å². The van der Waals surface area contributed by atoms with Gasteiger partial charge in [-0.1, -0.05) is 47.8 Å². The number of aliphatic hydroxyl groups excluding tert-OH is 5. The maximum Gasteiger partial charge on any atom is 0.341 e. The number of esters is 5. The number of Topliss-reactive ketones (excluding diaryl/α,β-unsaturated/α-hetero) is 2. The Balaban J connectivity index is 0.000000636. The highest BCUT2D eigenvalue weighted by molar-refractivity contribution is 9.11. The quantitative estimate of drug-likeness (QED) is 0.0442. The molecule has 0 fully saturated rings. The van der Waals surface area contributed by atoms with Crippen molar-refractivity contribution in [1.29, 1.82) is 0 Å². The molecule has 3 aromatic rings. The summed E-state index contributed by atoms with van der Waals surface area (Å²) in [6.07, 6.45) is -12.6. The van der Waals surface area contributed by atoms with E-state index in [-0.39, 0.29) is 57.1 Å². The number of hydrogen-bond donors (Lipinski definition) is 6. The van der Waals surface area contributed by atoms with Crippen molar-refractivity contribution in [2.24, 2.45) is 0 Å². The number of benzene rings is 3. The van der Waals surface area contributed by atoms with E-state index in [9.17, 15) is 58.8 Å². The molecule has 0 spiro atoms. The van der Waals surface area contributed by atoms with Gasteiger partial charge >= 0.3 is 35.8 Å². The molecule has 0 saturated heterocycles. The van der Waals surface area contributed by atoms with Crippen LogP contribution in [0.15, 0.2) is 86.2 Å². The number of aliphatic hydroxyl groups is 5. The molecule has 3 rings (SSSR count). The van der Waals surface area contributed by atoms with Gasteiger partial charge in [-0.2, -0.15) is 0 Å². The van der Waals surface area contributed by atoms with Crippen LogP contribution in [0.4, 0.5) is 0 Å². The maximum absolute atomic E-state index is 12.5. The van der Waals surface area contributed by atoms with Crippen LogP contribution >= 0.6 is 47.8 Å². The lowest BCUT2D eigenvalue weighted by atomic mass is 9.97. The lowest BCUT2D eigenvalue weighted by Crippen LogP contribution is -2.53. The number of aliphatic carboxylic acids is 1. The first-order chi connectivity index (χ1) is 34.3. The Hall–Kier alpha value is -5.54. The van der Waals surface area contributed by atoms with Gasteiger partial charge in [0.2, 0.25) is 0 Å². The number of rotatable bonds is 28. The predicted octanol–water partition coefficient (Wildman–Crippen LogP) is 3.99. The number of carboxylic acid groups (broad SMARTS) is 1. The molecule has 0 heterocycles. The number of ketones is 2. The van der Waals surface area contributed by atoms with Gasteiger partial charge < -0.3 is 68.5 Å². The van der Waals surface area contributed by atoms with E-state index in [0.717, 1.165) is 48.0 Å². The van der Waals surface area contributed by atoms with Crippen LogP contribution in [-0.4, -0.2) is 160 Å². The van der Waals surface area contributed by atoms with Gasteiger partial charge in [-0.3, -0.25) is 33.6 Å². The molecule has 6 N–H and O–H groups in total. The summed E-state index contributed by atoms with van der Waals surface area (Å²) >= 11 is 9.83. The predicted molar refractivity (Wildman–Crippen MR) is 265 cm³/mol.